The van der Waals surface area contributed by atoms with E-state index in [2.05, 4.69) is 20.2 Å². The molecule has 3 heterocycles. The molecule has 0 spiro atoms. The maximum absolute atomic E-state index is 14.2. The molecule has 118 valence electrons. The number of fused-ring (bicyclic) bond motifs is 1. The second kappa shape index (κ2) is 5.75. The molecule has 1 saturated heterocycles. The number of rotatable bonds is 2. The van der Waals surface area contributed by atoms with E-state index in [0.29, 0.717) is 24.7 Å². The van der Waals surface area contributed by atoms with Gasteiger partial charge in [-0.05, 0) is 24.3 Å². The summed E-state index contributed by atoms with van der Waals surface area (Å²) in [6.07, 6.45) is 0. The lowest BCUT2D eigenvalue weighted by atomic mass is 10.2. The molecule has 0 bridgehead atoms. The smallest absolute Gasteiger partial charge is 0.189 e. The van der Waals surface area contributed by atoms with E-state index in [9.17, 15) is 4.39 Å². The van der Waals surface area contributed by atoms with E-state index < -0.39 is 5.82 Å². The summed E-state index contributed by atoms with van der Waals surface area (Å²) in [5.41, 5.74) is 0.740. The second-order valence-corrected chi connectivity index (χ2v) is 5.59. The Labute approximate surface area is 136 Å². The molecule has 0 amide bonds. The third kappa shape index (κ3) is 2.51. The summed E-state index contributed by atoms with van der Waals surface area (Å²) in [5.74, 6) is 0.609. The van der Waals surface area contributed by atoms with Gasteiger partial charge in [0.1, 0.15) is 11.6 Å². The Kier molecular flexibility index (Phi) is 3.59. The first-order valence-electron chi connectivity index (χ1n) is 7.23. The van der Waals surface area contributed by atoms with Gasteiger partial charge in [-0.25, -0.2) is 4.39 Å². The molecule has 8 heteroatoms. The second-order valence-electron chi connectivity index (χ2n) is 5.18. The van der Waals surface area contributed by atoms with Crippen molar-refractivity contribution in [2.45, 2.75) is 0 Å². The van der Waals surface area contributed by atoms with Crippen molar-refractivity contribution in [3.8, 4) is 11.4 Å². The zero-order chi connectivity index (χ0) is 15.8. The molecule has 1 fully saturated rings. The van der Waals surface area contributed by atoms with Crippen LogP contribution in [0.1, 0.15) is 0 Å². The lowest BCUT2D eigenvalue weighted by Crippen LogP contribution is -2.37. The van der Waals surface area contributed by atoms with Crippen molar-refractivity contribution in [3.63, 3.8) is 0 Å². The standard InChI is InChI=1S/C15H13ClFN5O/c16-10-2-1-3-11(17)14(10)15-19-18-12-4-5-13(20-22(12)15)21-6-8-23-9-7-21/h1-5H,6-9H2. The minimum Gasteiger partial charge on any atom is -0.378 e. The third-order valence-corrected chi connectivity index (χ3v) is 4.09. The van der Waals surface area contributed by atoms with Gasteiger partial charge in [-0.3, -0.25) is 0 Å². The number of anilines is 1. The maximum atomic E-state index is 14.2. The Balaban J connectivity index is 1.85. The Morgan fingerprint density at radius 3 is 2.70 bits per heavy atom. The number of halogens is 2. The van der Waals surface area contributed by atoms with E-state index in [1.165, 1.54) is 10.6 Å². The van der Waals surface area contributed by atoms with Gasteiger partial charge in [0.2, 0.25) is 0 Å². The van der Waals surface area contributed by atoms with Crippen LogP contribution in [0.25, 0.3) is 17.0 Å². The normalized spacial score (nSPS) is 15.3. The van der Waals surface area contributed by atoms with E-state index in [4.69, 9.17) is 16.3 Å². The summed E-state index contributed by atoms with van der Waals surface area (Å²) < 4.78 is 21.0. The van der Waals surface area contributed by atoms with Crippen LogP contribution in [0.2, 0.25) is 5.02 Å². The van der Waals surface area contributed by atoms with Crippen molar-refractivity contribution in [2.24, 2.45) is 0 Å². The Morgan fingerprint density at radius 2 is 1.91 bits per heavy atom. The molecule has 0 saturated carbocycles. The van der Waals surface area contributed by atoms with E-state index >= 15 is 0 Å². The van der Waals surface area contributed by atoms with Crippen molar-refractivity contribution < 1.29 is 9.13 Å². The van der Waals surface area contributed by atoms with Crippen molar-refractivity contribution in [2.75, 3.05) is 31.2 Å². The van der Waals surface area contributed by atoms with Crippen LogP contribution in [0.3, 0.4) is 0 Å². The maximum Gasteiger partial charge on any atom is 0.189 e. The summed E-state index contributed by atoms with van der Waals surface area (Å²) in [5, 5.41) is 12.9. The topological polar surface area (TPSA) is 55.5 Å². The molecule has 3 aromatic rings. The van der Waals surface area contributed by atoms with Crippen LogP contribution in [-0.4, -0.2) is 46.1 Å². The molecule has 1 aliphatic heterocycles. The summed E-state index contributed by atoms with van der Waals surface area (Å²) >= 11 is 6.13. The fourth-order valence-electron chi connectivity index (χ4n) is 2.61. The van der Waals surface area contributed by atoms with Gasteiger partial charge in [0.05, 0.1) is 23.8 Å². The van der Waals surface area contributed by atoms with Crippen LogP contribution in [0.4, 0.5) is 10.2 Å². The minimum atomic E-state index is -0.453. The number of aromatic nitrogens is 4. The summed E-state index contributed by atoms with van der Waals surface area (Å²) in [4.78, 5) is 2.11. The molecular formula is C15H13ClFN5O. The molecule has 0 N–H and O–H groups in total. The van der Waals surface area contributed by atoms with E-state index in [1.54, 1.807) is 12.1 Å². The molecule has 1 aromatic carbocycles. The van der Waals surface area contributed by atoms with Crippen LogP contribution in [0.5, 0.6) is 0 Å². The van der Waals surface area contributed by atoms with Gasteiger partial charge in [-0.2, -0.15) is 4.52 Å². The molecule has 0 radical (unpaired) electrons. The molecule has 0 unspecified atom stereocenters. The fourth-order valence-corrected chi connectivity index (χ4v) is 2.86. The molecule has 1 aliphatic rings. The summed E-state index contributed by atoms with van der Waals surface area (Å²) in [7, 11) is 0. The quantitative estimate of drug-likeness (QED) is 0.721. The largest absolute Gasteiger partial charge is 0.378 e. The first-order chi connectivity index (χ1) is 11.2. The van der Waals surface area contributed by atoms with Crippen LogP contribution < -0.4 is 4.90 Å². The predicted octanol–water partition coefficient (Wildman–Crippen LogP) is 2.42. The Morgan fingerprint density at radius 1 is 1.09 bits per heavy atom. The van der Waals surface area contributed by atoms with E-state index in [1.807, 2.05) is 12.1 Å². The van der Waals surface area contributed by atoms with Crippen LogP contribution in [0, 0.1) is 5.82 Å². The van der Waals surface area contributed by atoms with Gasteiger partial charge in [-0.15, -0.1) is 15.3 Å². The van der Waals surface area contributed by atoms with Gasteiger partial charge < -0.3 is 9.64 Å². The van der Waals surface area contributed by atoms with Gasteiger partial charge in [-0.1, -0.05) is 17.7 Å². The molecule has 23 heavy (non-hydrogen) atoms. The first kappa shape index (κ1) is 14.3. The monoisotopic (exact) mass is 333 g/mol. The van der Waals surface area contributed by atoms with Gasteiger partial charge in [0.25, 0.3) is 0 Å². The lowest BCUT2D eigenvalue weighted by molar-refractivity contribution is 0.122. The van der Waals surface area contributed by atoms with Crippen LogP contribution >= 0.6 is 11.6 Å². The van der Waals surface area contributed by atoms with Gasteiger partial charge in [0.15, 0.2) is 11.5 Å². The van der Waals surface area contributed by atoms with Crippen molar-refractivity contribution in [1.29, 1.82) is 0 Å². The zero-order valence-corrected chi connectivity index (χ0v) is 12.9. The van der Waals surface area contributed by atoms with E-state index in [0.717, 1.165) is 18.9 Å². The molecule has 4 rings (SSSR count). The van der Waals surface area contributed by atoms with Crippen molar-refractivity contribution >= 4 is 23.1 Å². The highest BCUT2D eigenvalue weighted by Gasteiger charge is 2.19. The highest BCUT2D eigenvalue weighted by molar-refractivity contribution is 6.33. The number of benzene rings is 1. The zero-order valence-electron chi connectivity index (χ0n) is 12.1. The summed E-state index contributed by atoms with van der Waals surface area (Å²) in [6, 6.07) is 8.20. The lowest BCUT2D eigenvalue weighted by Gasteiger charge is -2.27. The van der Waals surface area contributed by atoms with Crippen LogP contribution in [0.15, 0.2) is 30.3 Å². The van der Waals surface area contributed by atoms with Crippen molar-refractivity contribution in [3.05, 3.63) is 41.2 Å². The van der Waals surface area contributed by atoms with Gasteiger partial charge in [0, 0.05) is 13.1 Å². The Bertz CT molecular complexity index is 842. The third-order valence-electron chi connectivity index (χ3n) is 3.77. The SMILES string of the molecule is Fc1cccc(Cl)c1-c1nnc2ccc(N3CCOCC3)nn12. The fraction of sp³-hybridized carbons (Fsp3) is 0.267. The van der Waals surface area contributed by atoms with Crippen LogP contribution in [-0.2, 0) is 4.74 Å². The number of ether oxygens (including phenoxy) is 1. The minimum absolute atomic E-state index is 0.202. The van der Waals surface area contributed by atoms with E-state index in [-0.39, 0.29) is 10.6 Å². The molecule has 0 aliphatic carbocycles. The summed E-state index contributed by atoms with van der Waals surface area (Å²) in [6.45, 7) is 2.84. The molecule has 6 nitrogen and oxygen atoms in total. The average Bonchev–Trinajstić information content (AvgIpc) is 2.99. The number of nitrogens with zero attached hydrogens (tertiary/aromatic N) is 5. The number of morpholine rings is 1. The van der Waals surface area contributed by atoms with Crippen molar-refractivity contribution in [1.82, 2.24) is 19.8 Å². The number of hydrogen-bond acceptors (Lipinski definition) is 5. The average molecular weight is 334 g/mol. The Hall–Kier alpha value is -2.25. The predicted molar refractivity (Wildman–Crippen MR) is 84.2 cm³/mol. The molecule has 0 atom stereocenters. The first-order valence-corrected chi connectivity index (χ1v) is 7.61. The van der Waals surface area contributed by atoms with Gasteiger partial charge >= 0.3 is 0 Å². The molecule has 2 aromatic heterocycles. The highest BCUT2D eigenvalue weighted by Crippen LogP contribution is 2.29. The highest BCUT2D eigenvalue weighted by atomic mass is 35.5. The molecular weight excluding hydrogens is 321 g/mol. The number of hydrogen-bond donors (Lipinski definition) is 0.